The molecule has 2 aliphatic heterocycles. The quantitative estimate of drug-likeness (QED) is 0.849. The van der Waals surface area contributed by atoms with Crippen molar-refractivity contribution in [2.24, 2.45) is 11.3 Å². The zero-order valence-corrected chi connectivity index (χ0v) is 13.3. The highest BCUT2D eigenvalue weighted by Crippen LogP contribution is 2.30. The minimum Gasteiger partial charge on any atom is -0.481 e. The van der Waals surface area contributed by atoms with Gasteiger partial charge in [-0.2, -0.15) is 0 Å². The third-order valence-electron chi connectivity index (χ3n) is 4.53. The molecule has 0 aliphatic carbocycles. The number of nitrogens with zero attached hydrogens (tertiary/aromatic N) is 3. The van der Waals surface area contributed by atoms with E-state index in [1.165, 1.54) is 0 Å². The van der Waals surface area contributed by atoms with E-state index >= 15 is 0 Å². The van der Waals surface area contributed by atoms with E-state index < -0.39 is 11.4 Å². The fourth-order valence-electron chi connectivity index (χ4n) is 3.14. The van der Waals surface area contributed by atoms with Crippen LogP contribution in [0.5, 0.6) is 0 Å². The molecule has 0 bridgehead atoms. The van der Waals surface area contributed by atoms with Gasteiger partial charge in [-0.1, -0.05) is 13.8 Å². The van der Waals surface area contributed by atoms with Gasteiger partial charge in [0.1, 0.15) is 0 Å². The number of carboxylic acid groups (broad SMARTS) is 1. The molecular formula is C15H27N3O3. The summed E-state index contributed by atoms with van der Waals surface area (Å²) in [5, 5.41) is 9.24. The van der Waals surface area contributed by atoms with Gasteiger partial charge >= 0.3 is 12.0 Å². The summed E-state index contributed by atoms with van der Waals surface area (Å²) in [6.45, 7) is 11.4. The molecule has 2 rings (SSSR count). The molecule has 1 unspecified atom stereocenters. The summed E-state index contributed by atoms with van der Waals surface area (Å²) in [5.41, 5.74) is -0.783. The SMILES string of the molecule is CC(C)CN1CCN(C(=O)N2CCC(C)(C(=O)O)C2)CC1. The normalized spacial score (nSPS) is 27.4. The average Bonchev–Trinajstić information content (AvgIpc) is 2.82. The Morgan fingerprint density at radius 2 is 1.71 bits per heavy atom. The van der Waals surface area contributed by atoms with E-state index in [0.29, 0.717) is 25.4 Å². The van der Waals surface area contributed by atoms with Crippen molar-refractivity contribution in [3.63, 3.8) is 0 Å². The second-order valence-corrected chi connectivity index (χ2v) is 7.00. The fourth-order valence-corrected chi connectivity index (χ4v) is 3.14. The van der Waals surface area contributed by atoms with Gasteiger partial charge < -0.3 is 14.9 Å². The van der Waals surface area contributed by atoms with Crippen LogP contribution in [0.3, 0.4) is 0 Å². The number of carboxylic acids is 1. The van der Waals surface area contributed by atoms with Crippen LogP contribution in [0.25, 0.3) is 0 Å². The van der Waals surface area contributed by atoms with Crippen LogP contribution in [0, 0.1) is 11.3 Å². The predicted molar refractivity (Wildman–Crippen MR) is 80.2 cm³/mol. The Hall–Kier alpha value is -1.30. The first kappa shape index (κ1) is 16.1. The number of likely N-dealkylation sites (tertiary alicyclic amines) is 1. The Morgan fingerprint density at radius 1 is 1.10 bits per heavy atom. The molecule has 2 aliphatic rings. The zero-order chi connectivity index (χ0) is 15.6. The molecule has 0 radical (unpaired) electrons. The monoisotopic (exact) mass is 297 g/mol. The Morgan fingerprint density at radius 3 is 2.19 bits per heavy atom. The predicted octanol–water partition coefficient (Wildman–Crippen LogP) is 1.18. The molecule has 2 fully saturated rings. The van der Waals surface area contributed by atoms with Crippen LogP contribution in [0.4, 0.5) is 4.79 Å². The van der Waals surface area contributed by atoms with Gasteiger partial charge in [-0.05, 0) is 19.3 Å². The first-order valence-corrected chi connectivity index (χ1v) is 7.81. The van der Waals surface area contributed by atoms with Gasteiger partial charge in [0.05, 0.1) is 5.41 Å². The number of aliphatic carboxylic acids is 1. The van der Waals surface area contributed by atoms with Gasteiger partial charge in [0.15, 0.2) is 0 Å². The number of amides is 2. The van der Waals surface area contributed by atoms with Gasteiger partial charge in [0.25, 0.3) is 0 Å². The molecule has 6 nitrogen and oxygen atoms in total. The fraction of sp³-hybridized carbons (Fsp3) is 0.867. The van der Waals surface area contributed by atoms with Crippen molar-refractivity contribution in [1.82, 2.24) is 14.7 Å². The molecule has 2 saturated heterocycles. The largest absolute Gasteiger partial charge is 0.481 e. The lowest BCUT2D eigenvalue weighted by Crippen LogP contribution is -2.53. The van der Waals surface area contributed by atoms with Crippen molar-refractivity contribution in [1.29, 1.82) is 0 Å². The van der Waals surface area contributed by atoms with Gasteiger partial charge in [-0.25, -0.2) is 4.79 Å². The molecule has 0 spiro atoms. The van der Waals surface area contributed by atoms with E-state index in [-0.39, 0.29) is 6.03 Å². The van der Waals surface area contributed by atoms with E-state index in [1.54, 1.807) is 11.8 Å². The van der Waals surface area contributed by atoms with Gasteiger partial charge in [-0.3, -0.25) is 9.69 Å². The van der Waals surface area contributed by atoms with Crippen LogP contribution in [-0.2, 0) is 4.79 Å². The van der Waals surface area contributed by atoms with Crippen molar-refractivity contribution in [2.45, 2.75) is 27.2 Å². The number of piperazine rings is 1. The molecule has 1 N–H and O–H groups in total. The lowest BCUT2D eigenvalue weighted by molar-refractivity contribution is -0.147. The Labute approximate surface area is 126 Å². The van der Waals surface area contributed by atoms with Crippen molar-refractivity contribution >= 4 is 12.0 Å². The molecule has 0 aromatic carbocycles. The van der Waals surface area contributed by atoms with Crippen molar-refractivity contribution in [3.8, 4) is 0 Å². The summed E-state index contributed by atoms with van der Waals surface area (Å²) in [4.78, 5) is 29.7. The summed E-state index contributed by atoms with van der Waals surface area (Å²) in [7, 11) is 0. The smallest absolute Gasteiger partial charge is 0.320 e. The van der Waals surface area contributed by atoms with Gasteiger partial charge in [-0.15, -0.1) is 0 Å². The van der Waals surface area contributed by atoms with Crippen LogP contribution in [0.1, 0.15) is 27.2 Å². The lowest BCUT2D eigenvalue weighted by atomic mass is 9.90. The molecule has 0 aromatic heterocycles. The van der Waals surface area contributed by atoms with Gasteiger partial charge in [0.2, 0.25) is 0 Å². The molecule has 120 valence electrons. The highest BCUT2D eigenvalue weighted by Gasteiger charge is 2.43. The minimum absolute atomic E-state index is 0.00386. The van der Waals surface area contributed by atoms with Crippen molar-refractivity contribution in [2.75, 3.05) is 45.8 Å². The lowest BCUT2D eigenvalue weighted by Gasteiger charge is -2.37. The third-order valence-corrected chi connectivity index (χ3v) is 4.53. The summed E-state index contributed by atoms with van der Waals surface area (Å²) >= 11 is 0. The highest BCUT2D eigenvalue weighted by molar-refractivity contribution is 5.79. The van der Waals surface area contributed by atoms with Crippen molar-refractivity contribution < 1.29 is 14.7 Å². The van der Waals surface area contributed by atoms with E-state index in [2.05, 4.69) is 18.7 Å². The summed E-state index contributed by atoms with van der Waals surface area (Å²) in [6.07, 6.45) is 0.543. The van der Waals surface area contributed by atoms with E-state index in [0.717, 1.165) is 32.7 Å². The molecule has 1 atom stereocenters. The maximum absolute atomic E-state index is 12.5. The molecule has 2 heterocycles. The average molecular weight is 297 g/mol. The number of hydrogen-bond acceptors (Lipinski definition) is 3. The second-order valence-electron chi connectivity index (χ2n) is 7.00. The van der Waals surface area contributed by atoms with E-state index in [4.69, 9.17) is 0 Å². The summed E-state index contributed by atoms with van der Waals surface area (Å²) < 4.78 is 0. The minimum atomic E-state index is -0.806. The van der Waals surface area contributed by atoms with Crippen LogP contribution in [-0.4, -0.2) is 77.6 Å². The molecule has 2 amide bonds. The maximum atomic E-state index is 12.5. The van der Waals surface area contributed by atoms with Crippen LogP contribution in [0.2, 0.25) is 0 Å². The Bertz CT molecular complexity index is 405. The van der Waals surface area contributed by atoms with Crippen LogP contribution < -0.4 is 0 Å². The maximum Gasteiger partial charge on any atom is 0.320 e. The number of carbonyl (C=O) groups excluding carboxylic acids is 1. The van der Waals surface area contributed by atoms with Crippen LogP contribution in [0.15, 0.2) is 0 Å². The van der Waals surface area contributed by atoms with Gasteiger partial charge in [0, 0.05) is 45.8 Å². The van der Waals surface area contributed by atoms with Crippen molar-refractivity contribution in [3.05, 3.63) is 0 Å². The third kappa shape index (κ3) is 3.67. The second kappa shape index (κ2) is 6.22. The van der Waals surface area contributed by atoms with E-state index in [9.17, 15) is 14.7 Å². The molecule has 0 saturated carbocycles. The Balaban J connectivity index is 1.84. The topological polar surface area (TPSA) is 64.1 Å². The molecule has 6 heteroatoms. The molecule has 0 aromatic rings. The summed E-state index contributed by atoms with van der Waals surface area (Å²) in [6, 6.07) is 0.00386. The summed E-state index contributed by atoms with van der Waals surface area (Å²) in [5.74, 6) is -0.165. The highest BCUT2D eigenvalue weighted by atomic mass is 16.4. The molecular weight excluding hydrogens is 270 g/mol. The zero-order valence-electron chi connectivity index (χ0n) is 13.3. The first-order valence-electron chi connectivity index (χ1n) is 7.81. The number of urea groups is 1. The number of hydrogen-bond donors (Lipinski definition) is 1. The number of carbonyl (C=O) groups is 2. The Kier molecular flexibility index (Phi) is 4.76. The number of rotatable bonds is 3. The molecule has 21 heavy (non-hydrogen) atoms. The first-order chi connectivity index (χ1) is 9.82. The van der Waals surface area contributed by atoms with Crippen LogP contribution >= 0.6 is 0 Å². The van der Waals surface area contributed by atoms with E-state index in [1.807, 2.05) is 4.90 Å². The standard InChI is InChI=1S/C15H27N3O3/c1-12(2)10-16-6-8-17(9-7-16)14(21)18-5-4-15(3,11-18)13(19)20/h12H,4-11H2,1-3H3,(H,19,20).